The highest BCUT2D eigenvalue weighted by Crippen LogP contribution is 2.27. The van der Waals surface area contributed by atoms with Crippen molar-refractivity contribution in [3.63, 3.8) is 0 Å². The molecular weight excluding hydrogens is 457 g/mol. The molecule has 0 aliphatic heterocycles. The number of halogens is 3. The van der Waals surface area contributed by atoms with Crippen LogP contribution in [0.5, 0.6) is 0 Å². The first-order chi connectivity index (χ1) is 11.5. The molecule has 0 spiro atoms. The number of aryl methyl sites for hydroxylation is 1. The minimum absolute atomic E-state index is 0.160. The Bertz CT molecular complexity index is 974. The predicted molar refractivity (Wildman–Crippen MR) is 105 cm³/mol. The summed E-state index contributed by atoms with van der Waals surface area (Å²) in [5.74, 6) is 0. The molecule has 0 bridgehead atoms. The summed E-state index contributed by atoms with van der Waals surface area (Å²) in [6.45, 7) is 1.83. The van der Waals surface area contributed by atoms with Gasteiger partial charge in [-0.3, -0.25) is 14.9 Å². The Hall–Kier alpha value is -1.63. The molecule has 0 unspecified atom stereocenters. The van der Waals surface area contributed by atoms with E-state index in [0.717, 1.165) is 20.3 Å². The molecule has 3 aromatic rings. The topological polar surface area (TPSA) is 50.1 Å². The summed E-state index contributed by atoms with van der Waals surface area (Å²) in [7, 11) is 0. The Balaban J connectivity index is 1.99. The van der Waals surface area contributed by atoms with Crippen LogP contribution in [0.3, 0.4) is 0 Å². The molecule has 7 heteroatoms. The van der Waals surface area contributed by atoms with Crippen molar-refractivity contribution < 1.29 is 0 Å². The van der Waals surface area contributed by atoms with Gasteiger partial charge in [0.25, 0.3) is 5.56 Å². The number of H-pyrrole nitrogens is 1. The van der Waals surface area contributed by atoms with E-state index >= 15 is 0 Å². The minimum Gasteiger partial charge on any atom is -0.295 e. The highest BCUT2D eigenvalue weighted by Gasteiger charge is 2.11. The van der Waals surface area contributed by atoms with Crippen LogP contribution in [0.1, 0.15) is 11.3 Å². The van der Waals surface area contributed by atoms with Crippen LogP contribution in [-0.2, 0) is 0 Å². The number of aromatic nitrogens is 2. The summed E-state index contributed by atoms with van der Waals surface area (Å²) in [5.41, 5.74) is 2.44. The maximum Gasteiger partial charge on any atom is 0.280 e. The highest BCUT2D eigenvalue weighted by molar-refractivity contribution is 9.10. The van der Waals surface area contributed by atoms with Crippen LogP contribution in [0, 0.1) is 6.92 Å². The number of nitrogens with zero attached hydrogens (tertiary/aromatic N) is 2. The van der Waals surface area contributed by atoms with E-state index < -0.39 is 0 Å². The minimum atomic E-state index is -0.160. The Morgan fingerprint density at radius 3 is 2.46 bits per heavy atom. The predicted octanol–water partition coefficient (Wildman–Crippen LogP) is 5.40. The van der Waals surface area contributed by atoms with E-state index in [0.29, 0.717) is 16.3 Å². The van der Waals surface area contributed by atoms with Crippen molar-refractivity contribution >= 4 is 55.4 Å². The quantitative estimate of drug-likeness (QED) is 0.513. The SMILES string of the molecule is Cc1[nH]n(-c2ccc(Br)cc2)c(=O)c1C=Nc1ccc(Br)cc1Cl. The van der Waals surface area contributed by atoms with Gasteiger partial charge in [0.15, 0.2) is 0 Å². The largest absolute Gasteiger partial charge is 0.295 e. The molecule has 0 saturated heterocycles. The lowest BCUT2D eigenvalue weighted by molar-refractivity contribution is 0.835. The van der Waals surface area contributed by atoms with Gasteiger partial charge >= 0.3 is 0 Å². The first kappa shape index (κ1) is 17.2. The lowest BCUT2D eigenvalue weighted by Crippen LogP contribution is -2.17. The first-order valence-electron chi connectivity index (χ1n) is 7.02. The second-order valence-corrected chi connectivity index (χ2v) is 7.36. The summed E-state index contributed by atoms with van der Waals surface area (Å²) in [6, 6.07) is 12.9. The number of benzene rings is 2. The van der Waals surface area contributed by atoms with Gasteiger partial charge in [-0.2, -0.15) is 0 Å². The number of hydrogen-bond acceptors (Lipinski definition) is 2. The van der Waals surface area contributed by atoms with Gasteiger partial charge in [-0.25, -0.2) is 4.68 Å². The van der Waals surface area contributed by atoms with Gasteiger partial charge in [-0.1, -0.05) is 43.5 Å². The van der Waals surface area contributed by atoms with E-state index in [1.165, 1.54) is 4.68 Å². The van der Waals surface area contributed by atoms with Gasteiger partial charge in [-0.05, 0) is 49.4 Å². The molecule has 0 aliphatic rings. The van der Waals surface area contributed by atoms with Crippen molar-refractivity contribution in [2.75, 3.05) is 0 Å². The van der Waals surface area contributed by atoms with Crippen LogP contribution in [0.25, 0.3) is 5.69 Å². The van der Waals surface area contributed by atoms with Gasteiger partial charge in [0, 0.05) is 20.9 Å². The highest BCUT2D eigenvalue weighted by atomic mass is 79.9. The van der Waals surface area contributed by atoms with Gasteiger partial charge in [0.1, 0.15) is 0 Å². The smallest absolute Gasteiger partial charge is 0.280 e. The lowest BCUT2D eigenvalue weighted by atomic mass is 10.2. The third kappa shape index (κ3) is 3.55. The molecule has 2 aromatic carbocycles. The standard InChI is InChI=1S/C17H12Br2ClN3O/c1-10-14(9-21-16-7-4-12(19)8-15(16)20)17(24)23(22-10)13-5-2-11(18)3-6-13/h2-9,22H,1H3. The van der Waals surface area contributed by atoms with Crippen molar-refractivity contribution in [2.45, 2.75) is 6.92 Å². The Labute approximate surface area is 160 Å². The van der Waals surface area contributed by atoms with E-state index in [4.69, 9.17) is 11.6 Å². The molecule has 0 saturated carbocycles. The third-order valence-electron chi connectivity index (χ3n) is 3.44. The van der Waals surface area contributed by atoms with Crippen LogP contribution < -0.4 is 5.56 Å². The Morgan fingerprint density at radius 1 is 1.12 bits per heavy atom. The first-order valence-corrected chi connectivity index (χ1v) is 8.99. The van der Waals surface area contributed by atoms with Crippen LogP contribution >= 0.6 is 43.5 Å². The monoisotopic (exact) mass is 467 g/mol. The normalized spacial score (nSPS) is 11.3. The molecule has 0 amide bonds. The van der Waals surface area contributed by atoms with Crippen LogP contribution in [0.4, 0.5) is 5.69 Å². The van der Waals surface area contributed by atoms with E-state index in [-0.39, 0.29) is 5.56 Å². The lowest BCUT2D eigenvalue weighted by Gasteiger charge is -2.00. The molecule has 4 nitrogen and oxygen atoms in total. The molecule has 122 valence electrons. The number of nitrogens with one attached hydrogen (secondary N) is 1. The molecule has 0 aliphatic carbocycles. The third-order valence-corrected chi connectivity index (χ3v) is 4.77. The fraction of sp³-hybridized carbons (Fsp3) is 0.0588. The molecule has 0 fully saturated rings. The molecule has 0 atom stereocenters. The molecule has 1 N–H and O–H groups in total. The summed E-state index contributed by atoms with van der Waals surface area (Å²) < 4.78 is 3.32. The van der Waals surface area contributed by atoms with Crippen molar-refractivity contribution in [3.8, 4) is 5.69 Å². The fourth-order valence-electron chi connectivity index (χ4n) is 2.20. The van der Waals surface area contributed by atoms with Gasteiger partial charge in [0.2, 0.25) is 0 Å². The fourth-order valence-corrected chi connectivity index (χ4v) is 3.19. The van der Waals surface area contributed by atoms with Crippen LogP contribution in [0.15, 0.2) is 61.2 Å². The van der Waals surface area contributed by atoms with Crippen LogP contribution in [0.2, 0.25) is 5.02 Å². The van der Waals surface area contributed by atoms with Crippen molar-refractivity contribution in [3.05, 3.63) is 78.0 Å². The maximum atomic E-state index is 12.6. The van der Waals surface area contributed by atoms with E-state index in [2.05, 4.69) is 42.0 Å². The maximum absolute atomic E-state index is 12.6. The summed E-state index contributed by atoms with van der Waals surface area (Å²) in [4.78, 5) is 17.0. The number of hydrogen-bond donors (Lipinski definition) is 1. The Morgan fingerprint density at radius 2 is 1.79 bits per heavy atom. The zero-order chi connectivity index (χ0) is 17.3. The van der Waals surface area contributed by atoms with E-state index in [1.54, 1.807) is 18.3 Å². The summed E-state index contributed by atoms with van der Waals surface area (Å²) in [6.07, 6.45) is 1.54. The van der Waals surface area contributed by atoms with Crippen molar-refractivity contribution in [1.29, 1.82) is 0 Å². The average molecular weight is 470 g/mol. The molecule has 3 rings (SSSR count). The second kappa shape index (κ2) is 7.09. The molecule has 1 aromatic heterocycles. The zero-order valence-corrected chi connectivity index (χ0v) is 16.5. The number of rotatable bonds is 3. The van der Waals surface area contributed by atoms with Gasteiger partial charge in [-0.15, -0.1) is 0 Å². The van der Waals surface area contributed by atoms with E-state index in [1.807, 2.05) is 37.3 Å². The summed E-state index contributed by atoms with van der Waals surface area (Å²) in [5, 5.41) is 3.58. The van der Waals surface area contributed by atoms with Crippen molar-refractivity contribution in [2.24, 2.45) is 4.99 Å². The zero-order valence-electron chi connectivity index (χ0n) is 12.6. The van der Waals surface area contributed by atoms with Crippen LogP contribution in [-0.4, -0.2) is 16.0 Å². The summed E-state index contributed by atoms with van der Waals surface area (Å²) >= 11 is 12.9. The van der Waals surface area contributed by atoms with E-state index in [9.17, 15) is 4.79 Å². The molecule has 0 radical (unpaired) electrons. The molecular formula is C17H12Br2ClN3O. The Kier molecular flexibility index (Phi) is 5.08. The molecule has 1 heterocycles. The van der Waals surface area contributed by atoms with Crippen molar-refractivity contribution in [1.82, 2.24) is 9.78 Å². The number of aliphatic imine (C=N–C) groups is 1. The molecule has 24 heavy (non-hydrogen) atoms. The number of aromatic amines is 1. The second-order valence-electron chi connectivity index (χ2n) is 5.12. The van der Waals surface area contributed by atoms with Gasteiger partial charge < -0.3 is 0 Å². The van der Waals surface area contributed by atoms with Gasteiger partial charge in [0.05, 0.1) is 22.0 Å². The average Bonchev–Trinajstić information content (AvgIpc) is 2.82.